The van der Waals surface area contributed by atoms with Crippen LogP contribution in [0.25, 0.3) is 10.9 Å². The van der Waals surface area contributed by atoms with Crippen LogP contribution >= 0.6 is 0 Å². The first-order chi connectivity index (χ1) is 14.8. The average Bonchev–Trinajstić information content (AvgIpc) is 3.29. The SMILES string of the molecule is O=c1c(CN2CCCC2)ccc2n1C[C@H]1C[C@@H]2CN(c2nccc3ncccc23)C1. The van der Waals surface area contributed by atoms with Gasteiger partial charge < -0.3 is 9.47 Å². The summed E-state index contributed by atoms with van der Waals surface area (Å²) in [7, 11) is 0. The fraction of sp³-hybridized carbons (Fsp3) is 0.458. The van der Waals surface area contributed by atoms with Crippen molar-refractivity contribution < 1.29 is 0 Å². The minimum atomic E-state index is 0.232. The maximum Gasteiger partial charge on any atom is 0.255 e. The van der Waals surface area contributed by atoms with Crippen LogP contribution in [0.1, 0.15) is 36.4 Å². The standard InChI is InChI=1S/C24H27N5O/c30-24-18(15-27-10-1-2-11-27)5-6-22-19-12-17(14-29(22)24)13-28(16-19)23-20-4-3-8-25-21(20)7-9-26-23/h3-9,17,19H,1-2,10-16H2/t17-,19+/m0/s1. The van der Waals surface area contributed by atoms with Crippen molar-refractivity contribution in [3.8, 4) is 0 Å². The lowest BCUT2D eigenvalue weighted by atomic mass is 9.83. The largest absolute Gasteiger partial charge is 0.355 e. The molecule has 2 bridgehead atoms. The van der Waals surface area contributed by atoms with Gasteiger partial charge in [-0.15, -0.1) is 0 Å². The third-order valence-corrected chi connectivity index (χ3v) is 7.08. The zero-order valence-electron chi connectivity index (χ0n) is 17.2. The molecule has 154 valence electrons. The first kappa shape index (κ1) is 18.1. The second-order valence-corrected chi connectivity index (χ2v) is 9.09. The smallest absolute Gasteiger partial charge is 0.255 e. The molecule has 2 fully saturated rings. The van der Waals surface area contributed by atoms with Gasteiger partial charge in [0.15, 0.2) is 0 Å². The lowest BCUT2D eigenvalue weighted by molar-refractivity contribution is 0.277. The molecule has 0 spiro atoms. The van der Waals surface area contributed by atoms with Crippen molar-refractivity contribution in [1.29, 1.82) is 0 Å². The molecule has 3 aliphatic rings. The molecule has 0 unspecified atom stereocenters. The summed E-state index contributed by atoms with van der Waals surface area (Å²) >= 11 is 0. The van der Waals surface area contributed by atoms with E-state index in [1.54, 1.807) is 0 Å². The zero-order valence-corrected chi connectivity index (χ0v) is 17.2. The number of rotatable bonds is 3. The molecule has 3 aliphatic heterocycles. The summed E-state index contributed by atoms with van der Waals surface area (Å²) in [5.74, 6) is 1.88. The van der Waals surface area contributed by atoms with Gasteiger partial charge in [-0.1, -0.05) is 6.07 Å². The quantitative estimate of drug-likeness (QED) is 0.675. The van der Waals surface area contributed by atoms with E-state index in [-0.39, 0.29) is 5.56 Å². The first-order valence-corrected chi connectivity index (χ1v) is 11.2. The number of anilines is 1. The molecule has 0 saturated carbocycles. The third-order valence-electron chi connectivity index (χ3n) is 7.08. The average molecular weight is 402 g/mol. The number of likely N-dealkylation sites (tertiary alicyclic amines) is 1. The summed E-state index contributed by atoms with van der Waals surface area (Å²) < 4.78 is 2.08. The molecule has 6 heterocycles. The van der Waals surface area contributed by atoms with Gasteiger partial charge in [-0.05, 0) is 62.5 Å². The second-order valence-electron chi connectivity index (χ2n) is 9.09. The summed E-state index contributed by atoms with van der Waals surface area (Å²) in [6, 6.07) is 10.4. The monoisotopic (exact) mass is 401 g/mol. The molecule has 3 aromatic heterocycles. The molecule has 0 amide bonds. The second kappa shape index (κ2) is 7.20. The lowest BCUT2D eigenvalue weighted by Gasteiger charge is -2.43. The van der Waals surface area contributed by atoms with Crippen LogP contribution in [0.2, 0.25) is 0 Å². The Kier molecular flexibility index (Phi) is 4.34. The Balaban J connectivity index is 1.32. The Morgan fingerprint density at radius 2 is 1.87 bits per heavy atom. The molecule has 30 heavy (non-hydrogen) atoms. The van der Waals surface area contributed by atoms with E-state index in [2.05, 4.69) is 37.5 Å². The van der Waals surface area contributed by atoms with E-state index in [1.165, 1.54) is 18.5 Å². The van der Waals surface area contributed by atoms with Gasteiger partial charge in [0.05, 0.1) is 5.52 Å². The first-order valence-electron chi connectivity index (χ1n) is 11.2. The van der Waals surface area contributed by atoms with Gasteiger partial charge in [-0.3, -0.25) is 14.7 Å². The molecule has 0 aromatic carbocycles. The molecule has 3 aromatic rings. The Hall–Kier alpha value is -2.73. The topological polar surface area (TPSA) is 54.3 Å². The van der Waals surface area contributed by atoms with Crippen molar-refractivity contribution in [3.05, 3.63) is 64.3 Å². The van der Waals surface area contributed by atoms with E-state index in [4.69, 9.17) is 4.98 Å². The number of hydrogen-bond acceptors (Lipinski definition) is 5. The van der Waals surface area contributed by atoms with Gasteiger partial charge in [0.1, 0.15) is 5.82 Å². The lowest BCUT2D eigenvalue weighted by Crippen LogP contribution is -2.48. The van der Waals surface area contributed by atoms with Crippen molar-refractivity contribution >= 4 is 16.7 Å². The molecule has 0 aliphatic carbocycles. The van der Waals surface area contributed by atoms with E-state index in [0.717, 1.165) is 68.0 Å². The Morgan fingerprint density at radius 3 is 2.77 bits per heavy atom. The predicted molar refractivity (Wildman–Crippen MR) is 118 cm³/mol. The van der Waals surface area contributed by atoms with Gasteiger partial charge in [-0.2, -0.15) is 0 Å². The third kappa shape index (κ3) is 3.01. The van der Waals surface area contributed by atoms with Crippen molar-refractivity contribution in [2.24, 2.45) is 5.92 Å². The van der Waals surface area contributed by atoms with Crippen LogP contribution in [-0.4, -0.2) is 45.6 Å². The van der Waals surface area contributed by atoms with Crippen LogP contribution in [0.4, 0.5) is 5.82 Å². The number of pyridine rings is 3. The molecule has 0 N–H and O–H groups in total. The molecule has 6 rings (SSSR count). The van der Waals surface area contributed by atoms with Gasteiger partial charge in [0.25, 0.3) is 5.56 Å². The number of fused-ring (bicyclic) bond motifs is 5. The van der Waals surface area contributed by atoms with Crippen molar-refractivity contribution in [1.82, 2.24) is 19.4 Å². The van der Waals surface area contributed by atoms with E-state index in [1.807, 2.05) is 24.5 Å². The van der Waals surface area contributed by atoms with E-state index >= 15 is 0 Å². The summed E-state index contributed by atoms with van der Waals surface area (Å²) in [5, 5.41) is 1.11. The van der Waals surface area contributed by atoms with Crippen LogP contribution in [0.5, 0.6) is 0 Å². The van der Waals surface area contributed by atoms with E-state index in [0.29, 0.717) is 11.8 Å². The Bertz CT molecular complexity index is 1140. The molecular weight excluding hydrogens is 374 g/mol. The molecular formula is C24H27N5O. The number of hydrogen-bond donors (Lipinski definition) is 0. The number of nitrogens with zero attached hydrogens (tertiary/aromatic N) is 5. The highest BCUT2D eigenvalue weighted by Crippen LogP contribution is 2.38. The molecule has 0 radical (unpaired) electrons. The number of aromatic nitrogens is 3. The number of piperidine rings is 1. The van der Waals surface area contributed by atoms with Crippen molar-refractivity contribution in [3.63, 3.8) is 0 Å². The van der Waals surface area contributed by atoms with Crippen LogP contribution in [-0.2, 0) is 13.1 Å². The van der Waals surface area contributed by atoms with Crippen LogP contribution in [0, 0.1) is 5.92 Å². The van der Waals surface area contributed by atoms with E-state index in [9.17, 15) is 4.79 Å². The highest BCUT2D eigenvalue weighted by Gasteiger charge is 2.36. The highest BCUT2D eigenvalue weighted by atomic mass is 16.1. The maximum atomic E-state index is 13.3. The summed E-state index contributed by atoms with van der Waals surface area (Å²) in [6.45, 7) is 5.70. The van der Waals surface area contributed by atoms with Crippen molar-refractivity contribution in [2.75, 3.05) is 31.1 Å². The Morgan fingerprint density at radius 1 is 0.967 bits per heavy atom. The zero-order chi connectivity index (χ0) is 20.1. The maximum absolute atomic E-state index is 13.3. The molecule has 6 heteroatoms. The highest BCUT2D eigenvalue weighted by molar-refractivity contribution is 5.89. The van der Waals surface area contributed by atoms with Gasteiger partial charge >= 0.3 is 0 Å². The van der Waals surface area contributed by atoms with Gasteiger partial charge in [0, 0.05) is 61.1 Å². The molecule has 6 nitrogen and oxygen atoms in total. The Labute approximate surface area is 176 Å². The summed E-state index contributed by atoms with van der Waals surface area (Å²) in [5.41, 5.74) is 3.38. The summed E-state index contributed by atoms with van der Waals surface area (Å²) in [4.78, 5) is 27.3. The van der Waals surface area contributed by atoms with Gasteiger partial charge in [-0.25, -0.2) is 4.98 Å². The molecule has 2 atom stereocenters. The fourth-order valence-corrected chi connectivity index (χ4v) is 5.71. The summed E-state index contributed by atoms with van der Waals surface area (Å²) in [6.07, 6.45) is 7.36. The minimum absolute atomic E-state index is 0.232. The van der Waals surface area contributed by atoms with Crippen molar-refractivity contribution in [2.45, 2.75) is 38.3 Å². The van der Waals surface area contributed by atoms with Crippen LogP contribution in [0.3, 0.4) is 0 Å². The normalized spacial score (nSPS) is 23.7. The van der Waals surface area contributed by atoms with Crippen LogP contribution < -0.4 is 10.5 Å². The van der Waals surface area contributed by atoms with E-state index < -0.39 is 0 Å². The predicted octanol–water partition coefficient (Wildman–Crippen LogP) is 3.01. The molecule has 2 saturated heterocycles. The van der Waals surface area contributed by atoms with Crippen LogP contribution in [0.15, 0.2) is 47.5 Å². The minimum Gasteiger partial charge on any atom is -0.355 e. The fourth-order valence-electron chi connectivity index (χ4n) is 5.71. The van der Waals surface area contributed by atoms with Gasteiger partial charge in [0.2, 0.25) is 0 Å².